The SMILES string of the molecule is CC(O)C1CCN(c2ccc3c(c2)N(C)C(=O)C3=O)C1. The monoisotopic (exact) mass is 274 g/mol. The number of aliphatic hydroxyl groups excluding tert-OH is 1. The lowest BCUT2D eigenvalue weighted by Gasteiger charge is -2.21. The van der Waals surface area contributed by atoms with E-state index < -0.39 is 11.7 Å². The molecule has 1 saturated heterocycles. The van der Waals surface area contributed by atoms with E-state index in [9.17, 15) is 14.7 Å². The van der Waals surface area contributed by atoms with Gasteiger partial charge in [-0.25, -0.2) is 0 Å². The second kappa shape index (κ2) is 4.59. The van der Waals surface area contributed by atoms with Gasteiger partial charge >= 0.3 is 0 Å². The molecule has 2 aliphatic heterocycles. The first-order valence-corrected chi connectivity index (χ1v) is 6.88. The van der Waals surface area contributed by atoms with Crippen LogP contribution in [0.2, 0.25) is 0 Å². The highest BCUT2D eigenvalue weighted by molar-refractivity contribution is 6.52. The van der Waals surface area contributed by atoms with Gasteiger partial charge in [-0.3, -0.25) is 9.59 Å². The Morgan fingerprint density at radius 2 is 2.10 bits per heavy atom. The molecular weight excluding hydrogens is 256 g/mol. The van der Waals surface area contributed by atoms with Gasteiger partial charge in [-0.15, -0.1) is 0 Å². The zero-order valence-electron chi connectivity index (χ0n) is 11.7. The van der Waals surface area contributed by atoms with Gasteiger partial charge in [-0.05, 0) is 31.5 Å². The highest BCUT2D eigenvalue weighted by Crippen LogP contribution is 2.34. The molecule has 3 rings (SSSR count). The number of Topliss-reactive ketones (excluding diaryl/α,β-unsaturated/α-hetero) is 1. The first kappa shape index (κ1) is 13.1. The van der Waals surface area contributed by atoms with Gasteiger partial charge < -0.3 is 14.9 Å². The van der Waals surface area contributed by atoms with E-state index in [0.717, 1.165) is 25.2 Å². The minimum absolute atomic E-state index is 0.282. The van der Waals surface area contributed by atoms with E-state index in [1.54, 1.807) is 13.1 Å². The van der Waals surface area contributed by atoms with Crippen molar-refractivity contribution in [2.75, 3.05) is 29.9 Å². The second-order valence-corrected chi connectivity index (χ2v) is 5.63. The minimum atomic E-state index is -0.472. The van der Waals surface area contributed by atoms with E-state index in [1.165, 1.54) is 4.90 Å². The smallest absolute Gasteiger partial charge is 0.299 e. The Morgan fingerprint density at radius 1 is 1.35 bits per heavy atom. The third-order valence-corrected chi connectivity index (χ3v) is 4.36. The predicted octanol–water partition coefficient (Wildman–Crippen LogP) is 1.05. The van der Waals surface area contributed by atoms with Crippen LogP contribution in [0.15, 0.2) is 18.2 Å². The Hall–Kier alpha value is -1.88. The highest BCUT2D eigenvalue weighted by Gasteiger charge is 2.34. The van der Waals surface area contributed by atoms with E-state index in [-0.39, 0.29) is 12.0 Å². The highest BCUT2D eigenvalue weighted by atomic mass is 16.3. The zero-order chi connectivity index (χ0) is 14.4. The summed E-state index contributed by atoms with van der Waals surface area (Å²) < 4.78 is 0. The maximum Gasteiger partial charge on any atom is 0.299 e. The average Bonchev–Trinajstić information content (AvgIpc) is 3.00. The van der Waals surface area contributed by atoms with Crippen LogP contribution in [0.4, 0.5) is 11.4 Å². The summed E-state index contributed by atoms with van der Waals surface area (Å²) in [4.78, 5) is 27.0. The Labute approximate surface area is 117 Å². The van der Waals surface area contributed by atoms with Gasteiger partial charge in [0.05, 0.1) is 17.4 Å². The zero-order valence-corrected chi connectivity index (χ0v) is 11.7. The van der Waals surface area contributed by atoms with Gasteiger partial charge in [-0.1, -0.05) is 0 Å². The number of amides is 1. The van der Waals surface area contributed by atoms with Gasteiger partial charge in [0.1, 0.15) is 0 Å². The molecule has 0 radical (unpaired) electrons. The second-order valence-electron chi connectivity index (χ2n) is 5.63. The molecule has 5 nitrogen and oxygen atoms in total. The molecule has 20 heavy (non-hydrogen) atoms. The van der Waals surface area contributed by atoms with Crippen LogP contribution in [0.5, 0.6) is 0 Å². The molecule has 5 heteroatoms. The Morgan fingerprint density at radius 3 is 2.75 bits per heavy atom. The summed E-state index contributed by atoms with van der Waals surface area (Å²) in [6, 6.07) is 5.50. The van der Waals surface area contributed by atoms with Crippen LogP contribution in [-0.2, 0) is 4.79 Å². The molecule has 0 saturated carbocycles. The van der Waals surface area contributed by atoms with E-state index in [1.807, 2.05) is 19.1 Å². The van der Waals surface area contributed by atoms with Gasteiger partial charge in [0.25, 0.3) is 11.7 Å². The lowest BCUT2D eigenvalue weighted by Crippen LogP contribution is -2.25. The van der Waals surface area contributed by atoms with E-state index in [0.29, 0.717) is 11.3 Å². The molecule has 0 aromatic heterocycles. The number of carbonyl (C=O) groups is 2. The third-order valence-electron chi connectivity index (χ3n) is 4.36. The summed E-state index contributed by atoms with van der Waals surface area (Å²) in [5, 5.41) is 9.66. The number of benzene rings is 1. The number of hydrogen-bond donors (Lipinski definition) is 1. The molecule has 1 aromatic carbocycles. The molecule has 1 N–H and O–H groups in total. The molecule has 1 fully saturated rings. The van der Waals surface area contributed by atoms with Crippen molar-refractivity contribution in [1.82, 2.24) is 0 Å². The van der Waals surface area contributed by atoms with Crippen molar-refractivity contribution in [2.45, 2.75) is 19.4 Å². The van der Waals surface area contributed by atoms with Gasteiger partial charge in [-0.2, -0.15) is 0 Å². The number of rotatable bonds is 2. The third kappa shape index (κ3) is 1.89. The standard InChI is InChI=1S/C15H18N2O3/c1-9(18)10-5-6-17(8-10)11-3-4-12-13(7-11)16(2)15(20)14(12)19/h3-4,7,9-10,18H,5-6,8H2,1-2H3. The molecule has 2 aliphatic rings. The van der Waals surface area contributed by atoms with Crippen molar-refractivity contribution >= 4 is 23.1 Å². The maximum atomic E-state index is 11.7. The minimum Gasteiger partial charge on any atom is -0.393 e. The number of anilines is 2. The number of likely N-dealkylation sites (N-methyl/N-ethyl adjacent to an activating group) is 1. The number of hydrogen-bond acceptors (Lipinski definition) is 4. The maximum absolute atomic E-state index is 11.7. The summed E-state index contributed by atoms with van der Waals surface area (Å²) in [5.74, 6) is -0.623. The van der Waals surface area contributed by atoms with Crippen LogP contribution >= 0.6 is 0 Å². The van der Waals surface area contributed by atoms with Crippen molar-refractivity contribution < 1.29 is 14.7 Å². The van der Waals surface area contributed by atoms with Gasteiger partial charge in [0, 0.05) is 31.7 Å². The largest absolute Gasteiger partial charge is 0.393 e. The summed E-state index contributed by atoms with van der Waals surface area (Å²) >= 11 is 0. The summed E-state index contributed by atoms with van der Waals surface area (Å²) in [6.07, 6.45) is 0.655. The molecule has 106 valence electrons. The van der Waals surface area contributed by atoms with Crippen molar-refractivity contribution in [1.29, 1.82) is 0 Å². The quantitative estimate of drug-likeness (QED) is 0.819. The fraction of sp³-hybridized carbons (Fsp3) is 0.467. The summed E-state index contributed by atoms with van der Waals surface area (Å²) in [5.41, 5.74) is 2.16. The number of aliphatic hydroxyl groups is 1. The molecule has 0 spiro atoms. The average molecular weight is 274 g/mol. The fourth-order valence-corrected chi connectivity index (χ4v) is 2.98. The molecule has 2 unspecified atom stereocenters. The molecule has 0 aliphatic carbocycles. The molecule has 1 aromatic rings. The van der Waals surface area contributed by atoms with Gasteiger partial charge in [0.2, 0.25) is 0 Å². The van der Waals surface area contributed by atoms with E-state index in [2.05, 4.69) is 4.90 Å². The summed E-state index contributed by atoms with van der Waals surface area (Å²) in [6.45, 7) is 3.52. The fourth-order valence-electron chi connectivity index (χ4n) is 2.98. The lowest BCUT2D eigenvalue weighted by molar-refractivity contribution is -0.114. The first-order chi connectivity index (χ1) is 9.49. The van der Waals surface area contributed by atoms with Crippen molar-refractivity contribution in [3.05, 3.63) is 23.8 Å². The van der Waals surface area contributed by atoms with Crippen LogP contribution in [-0.4, -0.2) is 43.0 Å². The van der Waals surface area contributed by atoms with Crippen LogP contribution in [0.3, 0.4) is 0 Å². The van der Waals surface area contributed by atoms with E-state index in [4.69, 9.17) is 0 Å². The van der Waals surface area contributed by atoms with Gasteiger partial charge in [0.15, 0.2) is 0 Å². The van der Waals surface area contributed by atoms with Crippen molar-refractivity contribution in [3.8, 4) is 0 Å². The van der Waals surface area contributed by atoms with Crippen LogP contribution in [0, 0.1) is 5.92 Å². The number of carbonyl (C=O) groups excluding carboxylic acids is 2. The summed E-state index contributed by atoms with van der Waals surface area (Å²) in [7, 11) is 1.62. The normalized spacial score (nSPS) is 23.4. The van der Waals surface area contributed by atoms with Crippen molar-refractivity contribution in [3.63, 3.8) is 0 Å². The molecule has 2 atom stereocenters. The van der Waals surface area contributed by atoms with Crippen LogP contribution in [0.25, 0.3) is 0 Å². The van der Waals surface area contributed by atoms with E-state index >= 15 is 0 Å². The van der Waals surface area contributed by atoms with Crippen molar-refractivity contribution in [2.24, 2.45) is 5.92 Å². The molecule has 0 bridgehead atoms. The predicted molar refractivity (Wildman–Crippen MR) is 76.2 cm³/mol. The van der Waals surface area contributed by atoms with Crippen LogP contribution < -0.4 is 9.80 Å². The Bertz CT molecular complexity index is 582. The molecular formula is C15H18N2O3. The Kier molecular flexibility index (Phi) is 3.01. The molecule has 2 heterocycles. The Balaban J connectivity index is 1.88. The number of fused-ring (bicyclic) bond motifs is 1. The number of ketones is 1. The topological polar surface area (TPSA) is 60.9 Å². The number of nitrogens with zero attached hydrogens (tertiary/aromatic N) is 2. The molecule has 1 amide bonds. The van der Waals surface area contributed by atoms with Crippen LogP contribution in [0.1, 0.15) is 23.7 Å². The lowest BCUT2D eigenvalue weighted by atomic mass is 10.0. The first-order valence-electron chi connectivity index (χ1n) is 6.88.